The maximum atomic E-state index is 5.94. The molecule has 0 aliphatic rings. The fraction of sp³-hybridized carbons (Fsp3) is 0.500. The standard InChI is InChI=1S/C12H20N3/c13-10-6-2-5-9-12(14)15-11-7-3-1-4-8-11/h3-4,7-8,12,15H,2,5-6,9-10,13-14H2. The van der Waals surface area contributed by atoms with Gasteiger partial charge in [-0.1, -0.05) is 25.0 Å². The topological polar surface area (TPSA) is 64.1 Å². The monoisotopic (exact) mass is 206 g/mol. The molecule has 1 atom stereocenters. The maximum Gasteiger partial charge on any atom is 0.0743 e. The van der Waals surface area contributed by atoms with E-state index in [-0.39, 0.29) is 6.17 Å². The van der Waals surface area contributed by atoms with Gasteiger partial charge < -0.3 is 16.8 Å². The molecule has 15 heavy (non-hydrogen) atoms. The first kappa shape index (κ1) is 12.0. The number of rotatable bonds is 7. The summed E-state index contributed by atoms with van der Waals surface area (Å²) in [7, 11) is 0. The van der Waals surface area contributed by atoms with Gasteiger partial charge in [-0.15, -0.1) is 0 Å². The van der Waals surface area contributed by atoms with Crippen LogP contribution in [0.4, 0.5) is 5.69 Å². The fourth-order valence-electron chi connectivity index (χ4n) is 1.45. The van der Waals surface area contributed by atoms with E-state index in [2.05, 4.69) is 11.4 Å². The van der Waals surface area contributed by atoms with E-state index < -0.39 is 0 Å². The second-order valence-corrected chi connectivity index (χ2v) is 3.68. The van der Waals surface area contributed by atoms with Gasteiger partial charge in [0.2, 0.25) is 0 Å². The summed E-state index contributed by atoms with van der Waals surface area (Å²) in [5.41, 5.74) is 12.4. The van der Waals surface area contributed by atoms with E-state index in [1.165, 1.54) is 0 Å². The Labute approximate surface area is 91.9 Å². The predicted molar refractivity (Wildman–Crippen MR) is 64.4 cm³/mol. The predicted octanol–water partition coefficient (Wildman–Crippen LogP) is 1.70. The van der Waals surface area contributed by atoms with Crippen LogP contribution in [-0.2, 0) is 0 Å². The SMILES string of the molecule is NCCCCCC(N)Nc1cc[c]cc1. The van der Waals surface area contributed by atoms with E-state index in [4.69, 9.17) is 11.5 Å². The molecule has 1 aromatic rings. The highest BCUT2D eigenvalue weighted by Crippen LogP contribution is 2.08. The molecule has 0 aliphatic heterocycles. The van der Waals surface area contributed by atoms with E-state index >= 15 is 0 Å². The molecule has 0 amide bonds. The Hall–Kier alpha value is -1.06. The lowest BCUT2D eigenvalue weighted by molar-refractivity contribution is 0.590. The van der Waals surface area contributed by atoms with Crippen molar-refractivity contribution in [3.05, 3.63) is 30.3 Å². The molecule has 1 radical (unpaired) electrons. The molecule has 0 aromatic heterocycles. The number of nitrogens with one attached hydrogen (secondary N) is 1. The van der Waals surface area contributed by atoms with Crippen molar-refractivity contribution in [3.63, 3.8) is 0 Å². The van der Waals surface area contributed by atoms with Gasteiger partial charge in [-0.05, 0) is 37.6 Å². The fourth-order valence-corrected chi connectivity index (χ4v) is 1.45. The molecule has 3 heteroatoms. The van der Waals surface area contributed by atoms with Crippen molar-refractivity contribution >= 4 is 5.69 Å². The van der Waals surface area contributed by atoms with Crippen LogP contribution in [0, 0.1) is 6.07 Å². The van der Waals surface area contributed by atoms with Gasteiger partial charge in [0.05, 0.1) is 6.17 Å². The maximum absolute atomic E-state index is 5.94. The highest BCUT2D eigenvalue weighted by atomic mass is 15.0. The van der Waals surface area contributed by atoms with Gasteiger partial charge in [0.25, 0.3) is 0 Å². The lowest BCUT2D eigenvalue weighted by atomic mass is 10.1. The zero-order valence-corrected chi connectivity index (χ0v) is 9.08. The normalized spacial score (nSPS) is 12.4. The van der Waals surface area contributed by atoms with Crippen LogP contribution in [0.15, 0.2) is 24.3 Å². The minimum atomic E-state index is 0.0326. The molecule has 0 saturated heterocycles. The average Bonchev–Trinajstić information content (AvgIpc) is 2.26. The van der Waals surface area contributed by atoms with E-state index in [1.54, 1.807) is 0 Å². The van der Waals surface area contributed by atoms with Crippen LogP contribution >= 0.6 is 0 Å². The molecule has 0 fully saturated rings. The van der Waals surface area contributed by atoms with Gasteiger partial charge in [0, 0.05) is 5.69 Å². The van der Waals surface area contributed by atoms with E-state index in [1.807, 2.05) is 24.3 Å². The number of hydrogen-bond donors (Lipinski definition) is 3. The molecule has 0 saturated carbocycles. The summed E-state index contributed by atoms with van der Waals surface area (Å²) in [6.45, 7) is 0.775. The van der Waals surface area contributed by atoms with Crippen LogP contribution in [0.25, 0.3) is 0 Å². The summed E-state index contributed by atoms with van der Waals surface area (Å²) >= 11 is 0. The Morgan fingerprint density at radius 2 is 1.93 bits per heavy atom. The summed E-state index contributed by atoms with van der Waals surface area (Å²) < 4.78 is 0. The zero-order chi connectivity index (χ0) is 10.9. The van der Waals surface area contributed by atoms with Gasteiger partial charge in [-0.3, -0.25) is 0 Å². The summed E-state index contributed by atoms with van der Waals surface area (Å²) in [4.78, 5) is 0. The summed E-state index contributed by atoms with van der Waals surface area (Å²) in [6, 6.07) is 10.7. The first-order chi connectivity index (χ1) is 7.33. The smallest absolute Gasteiger partial charge is 0.0743 e. The van der Waals surface area contributed by atoms with Crippen LogP contribution < -0.4 is 16.8 Å². The minimum absolute atomic E-state index is 0.0326. The third-order valence-corrected chi connectivity index (χ3v) is 2.29. The first-order valence-corrected chi connectivity index (χ1v) is 5.51. The molecule has 5 N–H and O–H groups in total. The Morgan fingerprint density at radius 1 is 1.20 bits per heavy atom. The molecule has 83 valence electrons. The van der Waals surface area contributed by atoms with Crippen LogP contribution in [0.3, 0.4) is 0 Å². The largest absolute Gasteiger partial charge is 0.370 e. The first-order valence-electron chi connectivity index (χ1n) is 5.51. The van der Waals surface area contributed by atoms with Crippen molar-refractivity contribution in [2.24, 2.45) is 11.5 Å². The Morgan fingerprint density at radius 3 is 2.60 bits per heavy atom. The third kappa shape index (κ3) is 5.40. The Balaban J connectivity index is 2.16. The second kappa shape index (κ2) is 7.26. The van der Waals surface area contributed by atoms with E-state index in [9.17, 15) is 0 Å². The minimum Gasteiger partial charge on any atom is -0.370 e. The third-order valence-electron chi connectivity index (χ3n) is 2.29. The van der Waals surface area contributed by atoms with Gasteiger partial charge in [-0.25, -0.2) is 0 Å². The summed E-state index contributed by atoms with van der Waals surface area (Å²) in [6.07, 6.45) is 4.40. The van der Waals surface area contributed by atoms with Crippen molar-refractivity contribution in [3.8, 4) is 0 Å². The zero-order valence-electron chi connectivity index (χ0n) is 9.08. The van der Waals surface area contributed by atoms with Crippen LogP contribution in [0.1, 0.15) is 25.7 Å². The van der Waals surface area contributed by atoms with Crippen molar-refractivity contribution in [1.29, 1.82) is 0 Å². The molecule has 1 rings (SSSR count). The Kier molecular flexibility index (Phi) is 5.81. The lowest BCUT2D eigenvalue weighted by Gasteiger charge is -2.14. The van der Waals surface area contributed by atoms with E-state index in [0.717, 1.165) is 37.9 Å². The average molecular weight is 206 g/mol. The Bertz CT molecular complexity index is 248. The molecule has 1 aromatic carbocycles. The van der Waals surface area contributed by atoms with Gasteiger partial charge in [0.15, 0.2) is 0 Å². The molecule has 0 bridgehead atoms. The molecule has 0 spiro atoms. The van der Waals surface area contributed by atoms with Crippen molar-refractivity contribution in [2.45, 2.75) is 31.8 Å². The summed E-state index contributed by atoms with van der Waals surface area (Å²) in [5.74, 6) is 0. The molecular weight excluding hydrogens is 186 g/mol. The van der Waals surface area contributed by atoms with Crippen molar-refractivity contribution in [2.75, 3.05) is 11.9 Å². The highest BCUT2D eigenvalue weighted by molar-refractivity contribution is 5.42. The van der Waals surface area contributed by atoms with Crippen LogP contribution in [-0.4, -0.2) is 12.7 Å². The number of anilines is 1. The van der Waals surface area contributed by atoms with Crippen molar-refractivity contribution < 1.29 is 0 Å². The van der Waals surface area contributed by atoms with Crippen LogP contribution in [0.2, 0.25) is 0 Å². The summed E-state index contributed by atoms with van der Waals surface area (Å²) in [5, 5.41) is 3.25. The highest BCUT2D eigenvalue weighted by Gasteiger charge is 2.00. The van der Waals surface area contributed by atoms with Crippen molar-refractivity contribution in [1.82, 2.24) is 0 Å². The van der Waals surface area contributed by atoms with Crippen LogP contribution in [0.5, 0.6) is 0 Å². The number of hydrogen-bond acceptors (Lipinski definition) is 3. The molecule has 0 aliphatic carbocycles. The molecule has 0 heterocycles. The van der Waals surface area contributed by atoms with Gasteiger partial charge >= 0.3 is 0 Å². The number of benzene rings is 1. The number of nitrogens with two attached hydrogens (primary N) is 2. The van der Waals surface area contributed by atoms with Gasteiger partial charge in [-0.2, -0.15) is 0 Å². The molecule has 3 nitrogen and oxygen atoms in total. The second-order valence-electron chi connectivity index (χ2n) is 3.68. The number of unbranched alkanes of at least 4 members (excludes halogenated alkanes) is 2. The van der Waals surface area contributed by atoms with E-state index in [0.29, 0.717) is 0 Å². The van der Waals surface area contributed by atoms with Gasteiger partial charge in [0.1, 0.15) is 0 Å². The quantitative estimate of drug-likeness (QED) is 0.470. The molecule has 1 unspecified atom stereocenters. The molecular formula is C12H20N3. The lowest BCUT2D eigenvalue weighted by Crippen LogP contribution is -2.29.